The maximum Gasteiger partial charge on any atom is 0.347 e. The quantitative estimate of drug-likeness (QED) is 0.0474. The van der Waals surface area contributed by atoms with Gasteiger partial charge >= 0.3 is 5.97 Å². The van der Waals surface area contributed by atoms with Crippen LogP contribution in [0, 0.1) is 5.92 Å². The van der Waals surface area contributed by atoms with Crippen molar-refractivity contribution in [2.75, 3.05) is 45.9 Å². The van der Waals surface area contributed by atoms with Gasteiger partial charge < -0.3 is 40.4 Å². The number of nitrogens with one attached hydrogen (secondary N) is 3. The Morgan fingerprint density at radius 3 is 2.30 bits per heavy atom. The lowest BCUT2D eigenvalue weighted by atomic mass is 9.86. The normalized spacial score (nSPS) is 14.9. The molecule has 6 N–H and O–H groups in total. The summed E-state index contributed by atoms with van der Waals surface area (Å²) in [6.45, 7) is 4.16. The fraction of sp³-hybridized carbons (Fsp3) is 0.286. The molecule has 1 fully saturated rings. The molecule has 1 aliphatic heterocycles. The number of aromatic hydroxyl groups is 1. The van der Waals surface area contributed by atoms with Gasteiger partial charge in [0.15, 0.2) is 0 Å². The van der Waals surface area contributed by atoms with E-state index in [1.165, 1.54) is 17.7 Å². The number of piperidine rings is 1. The fourth-order valence-electron chi connectivity index (χ4n) is 7.73. The molecule has 0 aliphatic carbocycles. The first-order valence-electron chi connectivity index (χ1n) is 20.7. The number of phenolic OH excluding ortho intramolecular Hbond substituents is 1. The second-order valence-corrected chi connectivity index (χ2v) is 15.5. The van der Waals surface area contributed by atoms with E-state index in [0.29, 0.717) is 46.4 Å². The highest BCUT2D eigenvalue weighted by atomic mass is 16.5. The van der Waals surface area contributed by atoms with Gasteiger partial charge in [-0.2, -0.15) is 0 Å². The summed E-state index contributed by atoms with van der Waals surface area (Å²) < 4.78 is 11.8. The summed E-state index contributed by atoms with van der Waals surface area (Å²) in [7, 11) is 0. The van der Waals surface area contributed by atoms with Crippen molar-refractivity contribution in [3.05, 3.63) is 177 Å². The van der Waals surface area contributed by atoms with Crippen molar-refractivity contribution in [3.8, 4) is 11.5 Å². The number of aromatic amines is 1. The summed E-state index contributed by atoms with van der Waals surface area (Å²) in [5.74, 6) is -0.426. The van der Waals surface area contributed by atoms with E-state index in [1.807, 2.05) is 24.3 Å². The minimum absolute atomic E-state index is 0.0596. The van der Waals surface area contributed by atoms with Crippen molar-refractivity contribution < 1.29 is 34.4 Å². The number of rotatable bonds is 18. The van der Waals surface area contributed by atoms with Crippen LogP contribution in [0.4, 0.5) is 0 Å². The molecule has 0 spiro atoms. The van der Waals surface area contributed by atoms with E-state index in [0.717, 1.165) is 38.0 Å². The number of pyridine rings is 1. The molecule has 5 aromatic carbocycles. The zero-order chi connectivity index (χ0) is 42.6. The third-order valence-electron chi connectivity index (χ3n) is 11.2. The molecule has 12 heteroatoms. The summed E-state index contributed by atoms with van der Waals surface area (Å²) >= 11 is 0. The Balaban J connectivity index is 0.860. The number of carbonyl (C=O) groups is 2. The van der Waals surface area contributed by atoms with Crippen molar-refractivity contribution in [1.82, 2.24) is 20.5 Å². The maximum atomic E-state index is 13.8. The maximum absolute atomic E-state index is 13.8. The highest BCUT2D eigenvalue weighted by Crippen LogP contribution is 2.34. The molecule has 1 saturated heterocycles. The van der Waals surface area contributed by atoms with Gasteiger partial charge in [0.05, 0.1) is 24.8 Å². The molecular weight excluding hydrogens is 773 g/mol. The summed E-state index contributed by atoms with van der Waals surface area (Å²) in [4.78, 5) is 43.5. The van der Waals surface area contributed by atoms with E-state index in [9.17, 15) is 29.7 Å². The second kappa shape index (κ2) is 20.3. The summed E-state index contributed by atoms with van der Waals surface area (Å²) in [5, 5.41) is 39.7. The van der Waals surface area contributed by atoms with Crippen molar-refractivity contribution in [1.29, 1.82) is 0 Å². The van der Waals surface area contributed by atoms with E-state index in [-0.39, 0.29) is 55.0 Å². The second-order valence-electron chi connectivity index (χ2n) is 15.5. The zero-order valence-corrected chi connectivity index (χ0v) is 34.0. The van der Waals surface area contributed by atoms with Gasteiger partial charge in [0.1, 0.15) is 18.1 Å². The zero-order valence-electron chi connectivity index (χ0n) is 34.0. The Labute approximate surface area is 354 Å². The van der Waals surface area contributed by atoms with Gasteiger partial charge in [-0.1, -0.05) is 91.0 Å². The minimum atomic E-state index is -2.06. The first-order chi connectivity index (χ1) is 29.7. The number of carbonyl (C=O) groups excluding carboxylic acids is 2. The Bertz CT molecular complexity index is 2440. The van der Waals surface area contributed by atoms with Crippen LogP contribution in [0.1, 0.15) is 57.1 Å². The number of nitrogens with zero attached hydrogens (tertiary/aromatic N) is 1. The SMILES string of the molecule is O=C(NCCOc1cccc(C(O)(C(=O)OCC2CCN(Cc3ccccc3)CC2)c2ccccc2)c1)c1ccc(CCNCC(O)c2ccc(O)c3[nH]c(=O)ccc23)cc1. The van der Waals surface area contributed by atoms with Gasteiger partial charge in [0, 0.05) is 35.7 Å². The molecule has 316 valence electrons. The van der Waals surface area contributed by atoms with Crippen LogP contribution in [0.25, 0.3) is 10.9 Å². The van der Waals surface area contributed by atoms with Crippen LogP contribution in [-0.2, 0) is 28.1 Å². The van der Waals surface area contributed by atoms with Crippen LogP contribution in [-0.4, -0.2) is 83.0 Å². The number of phenols is 1. The van der Waals surface area contributed by atoms with E-state index in [2.05, 4.69) is 44.8 Å². The first kappa shape index (κ1) is 42.8. The molecule has 1 aromatic heterocycles. The Kier molecular flexibility index (Phi) is 14.2. The number of amides is 1. The van der Waals surface area contributed by atoms with Crippen LogP contribution in [0.3, 0.4) is 0 Å². The Morgan fingerprint density at radius 1 is 0.820 bits per heavy atom. The van der Waals surface area contributed by atoms with Gasteiger partial charge in [0.25, 0.3) is 5.91 Å². The number of fused-ring (bicyclic) bond motifs is 1. The van der Waals surface area contributed by atoms with Gasteiger partial charge in [-0.15, -0.1) is 0 Å². The molecular formula is C49H52N4O8. The molecule has 2 atom stereocenters. The number of H-pyrrole nitrogens is 1. The van der Waals surface area contributed by atoms with E-state index < -0.39 is 17.7 Å². The largest absolute Gasteiger partial charge is 0.506 e. The molecule has 0 radical (unpaired) electrons. The number of ether oxygens (including phenoxy) is 2. The van der Waals surface area contributed by atoms with Crippen molar-refractivity contribution in [2.45, 2.75) is 37.5 Å². The molecule has 0 saturated carbocycles. The van der Waals surface area contributed by atoms with Crippen LogP contribution in [0.15, 0.2) is 138 Å². The molecule has 1 amide bonds. The molecule has 0 bridgehead atoms. The number of hydrogen-bond acceptors (Lipinski definition) is 10. The predicted octanol–water partition coefficient (Wildman–Crippen LogP) is 5.60. The number of aliphatic hydroxyl groups excluding tert-OH is 1. The predicted molar refractivity (Wildman–Crippen MR) is 233 cm³/mol. The smallest absolute Gasteiger partial charge is 0.347 e. The molecule has 61 heavy (non-hydrogen) atoms. The number of aliphatic hydroxyl groups is 2. The van der Waals surface area contributed by atoms with Crippen molar-refractivity contribution in [3.63, 3.8) is 0 Å². The van der Waals surface area contributed by atoms with E-state index in [1.54, 1.807) is 72.8 Å². The third-order valence-corrected chi connectivity index (χ3v) is 11.2. The number of benzene rings is 5. The summed E-state index contributed by atoms with van der Waals surface area (Å²) in [5.41, 5.74) is 1.98. The number of esters is 1. The highest BCUT2D eigenvalue weighted by molar-refractivity contribution is 5.94. The molecule has 7 rings (SSSR count). The molecule has 2 heterocycles. The van der Waals surface area contributed by atoms with E-state index in [4.69, 9.17) is 9.47 Å². The van der Waals surface area contributed by atoms with Gasteiger partial charge in [-0.25, -0.2) is 4.79 Å². The lowest BCUT2D eigenvalue weighted by molar-refractivity contribution is -0.164. The highest BCUT2D eigenvalue weighted by Gasteiger charge is 2.42. The minimum Gasteiger partial charge on any atom is -0.506 e. The standard InChI is InChI=1S/C49H52N4O8/c54-43-20-18-41(42-19-21-45(56)52-46(42)43)44(55)31-50-25-22-34-14-16-37(17-15-34)47(57)51-26-29-60-40-13-7-12-39(30-40)49(59,38-10-5-2-6-11-38)48(58)61-33-36-23-27-53(28-24-36)32-35-8-3-1-4-9-35/h1-21,30,36,44,50,54-55,59H,22-29,31-33H2,(H,51,57)(H,52,56). The molecule has 1 aliphatic rings. The lowest BCUT2D eigenvalue weighted by Crippen LogP contribution is -2.40. The van der Waals surface area contributed by atoms with Crippen LogP contribution < -0.4 is 20.9 Å². The number of hydrogen-bond donors (Lipinski definition) is 6. The Morgan fingerprint density at radius 2 is 1.54 bits per heavy atom. The lowest BCUT2D eigenvalue weighted by Gasteiger charge is -2.33. The Hall–Kier alpha value is -6.31. The van der Waals surface area contributed by atoms with E-state index >= 15 is 0 Å². The summed E-state index contributed by atoms with van der Waals surface area (Å²) in [6.07, 6.45) is 1.60. The van der Waals surface area contributed by atoms with Gasteiger partial charge in [0.2, 0.25) is 11.2 Å². The van der Waals surface area contributed by atoms with Crippen molar-refractivity contribution in [2.24, 2.45) is 5.92 Å². The van der Waals surface area contributed by atoms with Crippen molar-refractivity contribution >= 4 is 22.8 Å². The molecule has 2 unspecified atom stereocenters. The average Bonchev–Trinajstić information content (AvgIpc) is 3.29. The van der Waals surface area contributed by atoms with Crippen LogP contribution >= 0.6 is 0 Å². The average molecular weight is 825 g/mol. The topological polar surface area (TPSA) is 173 Å². The number of likely N-dealkylation sites (tertiary alicyclic amines) is 1. The molecule has 12 nitrogen and oxygen atoms in total. The van der Waals surface area contributed by atoms with Crippen LogP contribution in [0.2, 0.25) is 0 Å². The molecule has 6 aromatic rings. The number of aromatic nitrogens is 1. The monoisotopic (exact) mass is 824 g/mol. The van der Waals surface area contributed by atoms with Gasteiger partial charge in [-0.3, -0.25) is 14.5 Å². The third kappa shape index (κ3) is 10.9. The van der Waals surface area contributed by atoms with Crippen LogP contribution in [0.5, 0.6) is 11.5 Å². The fourth-order valence-corrected chi connectivity index (χ4v) is 7.73. The summed E-state index contributed by atoms with van der Waals surface area (Å²) in [6, 6.07) is 39.2. The van der Waals surface area contributed by atoms with Gasteiger partial charge in [-0.05, 0) is 103 Å². The first-order valence-corrected chi connectivity index (χ1v) is 20.7.